The lowest BCUT2D eigenvalue weighted by molar-refractivity contribution is -0.117. The third-order valence-corrected chi connectivity index (χ3v) is 7.40. The van der Waals surface area contributed by atoms with Gasteiger partial charge in [0.2, 0.25) is 15.7 Å². The van der Waals surface area contributed by atoms with Gasteiger partial charge in [-0.3, -0.25) is 4.79 Å². The van der Waals surface area contributed by atoms with Gasteiger partial charge in [0, 0.05) is 17.1 Å². The highest BCUT2D eigenvalue weighted by Crippen LogP contribution is 2.38. The van der Waals surface area contributed by atoms with Gasteiger partial charge in [-0.05, 0) is 72.6 Å². The molecule has 32 heavy (non-hydrogen) atoms. The molecule has 0 aliphatic carbocycles. The summed E-state index contributed by atoms with van der Waals surface area (Å²) in [6.45, 7) is 0.115. The van der Waals surface area contributed by atoms with E-state index in [9.17, 15) is 13.2 Å². The van der Waals surface area contributed by atoms with Gasteiger partial charge in [0.1, 0.15) is 12.4 Å². The lowest BCUT2D eigenvalue weighted by atomic mass is 10.0. The maximum absolute atomic E-state index is 12.9. The zero-order valence-electron chi connectivity index (χ0n) is 17.1. The first-order valence-electron chi connectivity index (χ1n) is 10.2. The number of hydrogen-bond acceptors (Lipinski definition) is 5. The number of amides is 1. The standard InChI is InChI=1S/C24H22ClNO5S/c25-18-4-8-21(9-5-18)32(29,30)22-10-6-19(7-11-22)26-23(12-13-24(26)28)17-2-1-3-20(16-17)31-15-14-27/h1-11,16,23,27H,12-15H2. The van der Waals surface area contributed by atoms with Crippen molar-refractivity contribution in [1.29, 1.82) is 0 Å². The largest absolute Gasteiger partial charge is 0.491 e. The zero-order chi connectivity index (χ0) is 22.7. The average molecular weight is 472 g/mol. The smallest absolute Gasteiger partial charge is 0.227 e. The average Bonchev–Trinajstić information content (AvgIpc) is 3.19. The number of halogens is 1. The van der Waals surface area contributed by atoms with Crippen molar-refractivity contribution in [3.05, 3.63) is 83.4 Å². The van der Waals surface area contributed by atoms with Crippen LogP contribution in [0, 0.1) is 0 Å². The highest BCUT2D eigenvalue weighted by atomic mass is 35.5. The molecule has 6 nitrogen and oxygen atoms in total. The van der Waals surface area contributed by atoms with Crippen LogP contribution < -0.4 is 9.64 Å². The van der Waals surface area contributed by atoms with Crippen LogP contribution in [0.15, 0.2) is 82.6 Å². The van der Waals surface area contributed by atoms with Gasteiger partial charge in [-0.2, -0.15) is 0 Å². The number of sulfone groups is 1. The van der Waals surface area contributed by atoms with Crippen LogP contribution in [0.3, 0.4) is 0 Å². The Balaban J connectivity index is 1.61. The molecule has 0 aromatic heterocycles. The number of nitrogens with zero attached hydrogens (tertiary/aromatic N) is 1. The van der Waals surface area contributed by atoms with Crippen molar-refractivity contribution < 1.29 is 23.1 Å². The van der Waals surface area contributed by atoms with Crippen molar-refractivity contribution in [2.75, 3.05) is 18.1 Å². The van der Waals surface area contributed by atoms with Crippen LogP contribution in [0.4, 0.5) is 5.69 Å². The number of anilines is 1. The zero-order valence-corrected chi connectivity index (χ0v) is 18.7. The SMILES string of the molecule is O=C1CCC(c2cccc(OCCO)c2)N1c1ccc(S(=O)(=O)c2ccc(Cl)cc2)cc1. The molecule has 8 heteroatoms. The third kappa shape index (κ3) is 4.50. The molecule has 1 heterocycles. The Morgan fingerprint density at radius 2 is 1.66 bits per heavy atom. The summed E-state index contributed by atoms with van der Waals surface area (Å²) in [5.41, 5.74) is 1.55. The van der Waals surface area contributed by atoms with Gasteiger partial charge in [0.25, 0.3) is 0 Å². The van der Waals surface area contributed by atoms with Crippen molar-refractivity contribution in [1.82, 2.24) is 0 Å². The number of ether oxygens (including phenoxy) is 1. The Labute approximate surface area is 191 Å². The van der Waals surface area contributed by atoms with Crippen LogP contribution in [0.25, 0.3) is 0 Å². The van der Waals surface area contributed by atoms with Crippen molar-refractivity contribution in [3.8, 4) is 5.75 Å². The van der Waals surface area contributed by atoms with Gasteiger partial charge in [0.15, 0.2) is 0 Å². The monoisotopic (exact) mass is 471 g/mol. The summed E-state index contributed by atoms with van der Waals surface area (Å²) in [6.07, 6.45) is 1.05. The first-order chi connectivity index (χ1) is 15.4. The first-order valence-corrected chi connectivity index (χ1v) is 12.0. The van der Waals surface area contributed by atoms with Crippen LogP contribution in [0.1, 0.15) is 24.4 Å². The molecule has 0 spiro atoms. The van der Waals surface area contributed by atoms with E-state index in [0.29, 0.717) is 29.3 Å². The van der Waals surface area contributed by atoms with E-state index in [0.717, 1.165) is 5.56 Å². The Morgan fingerprint density at radius 3 is 2.31 bits per heavy atom. The summed E-state index contributed by atoms with van der Waals surface area (Å²) in [5, 5.41) is 9.43. The molecule has 1 saturated heterocycles. The van der Waals surface area contributed by atoms with E-state index >= 15 is 0 Å². The molecule has 4 rings (SSSR count). The molecule has 0 bridgehead atoms. The fourth-order valence-electron chi connectivity index (χ4n) is 3.83. The molecule has 1 fully saturated rings. The molecule has 0 saturated carbocycles. The van der Waals surface area contributed by atoms with Gasteiger partial charge in [-0.25, -0.2) is 8.42 Å². The summed E-state index contributed by atoms with van der Waals surface area (Å²) in [5.74, 6) is 0.602. The summed E-state index contributed by atoms with van der Waals surface area (Å²) < 4.78 is 31.3. The van der Waals surface area contributed by atoms with Crippen LogP contribution in [0.5, 0.6) is 5.75 Å². The number of aliphatic hydroxyl groups excluding tert-OH is 1. The summed E-state index contributed by atoms with van der Waals surface area (Å²) >= 11 is 5.86. The predicted molar refractivity (Wildman–Crippen MR) is 122 cm³/mol. The molecule has 1 aliphatic heterocycles. The Kier molecular flexibility index (Phi) is 6.50. The second kappa shape index (κ2) is 9.32. The molecule has 3 aromatic carbocycles. The van der Waals surface area contributed by atoms with Gasteiger partial charge < -0.3 is 14.7 Å². The summed E-state index contributed by atoms with van der Waals surface area (Å²) in [4.78, 5) is 14.7. The van der Waals surface area contributed by atoms with Crippen molar-refractivity contribution in [2.45, 2.75) is 28.7 Å². The number of carbonyl (C=O) groups excluding carboxylic acids is 1. The molecule has 0 radical (unpaired) electrons. The lowest BCUT2D eigenvalue weighted by Gasteiger charge is -2.26. The minimum absolute atomic E-state index is 0.0232. The van der Waals surface area contributed by atoms with Crippen molar-refractivity contribution >= 4 is 33.0 Å². The van der Waals surface area contributed by atoms with Crippen LogP contribution in [-0.2, 0) is 14.6 Å². The maximum atomic E-state index is 12.9. The van der Waals surface area contributed by atoms with Gasteiger partial charge in [-0.1, -0.05) is 23.7 Å². The molecular weight excluding hydrogens is 450 g/mol. The quantitative estimate of drug-likeness (QED) is 0.551. The van der Waals surface area contributed by atoms with Crippen molar-refractivity contribution in [2.24, 2.45) is 0 Å². The van der Waals surface area contributed by atoms with E-state index in [2.05, 4.69) is 0 Å². The van der Waals surface area contributed by atoms with E-state index < -0.39 is 9.84 Å². The topological polar surface area (TPSA) is 83.9 Å². The van der Waals surface area contributed by atoms with E-state index in [-0.39, 0.29) is 35.0 Å². The first kappa shape index (κ1) is 22.3. The normalized spacial score (nSPS) is 16.4. The van der Waals surface area contributed by atoms with E-state index in [1.807, 2.05) is 18.2 Å². The molecule has 1 amide bonds. The lowest BCUT2D eigenvalue weighted by Crippen LogP contribution is -2.27. The fraction of sp³-hybridized carbons (Fsp3) is 0.208. The minimum atomic E-state index is -3.69. The molecule has 1 N–H and O–H groups in total. The minimum Gasteiger partial charge on any atom is -0.491 e. The highest BCUT2D eigenvalue weighted by molar-refractivity contribution is 7.91. The van der Waals surface area contributed by atoms with Crippen molar-refractivity contribution in [3.63, 3.8) is 0 Å². The second-order valence-corrected chi connectivity index (χ2v) is 9.80. The van der Waals surface area contributed by atoms with Crippen LogP contribution in [0.2, 0.25) is 5.02 Å². The molecule has 1 unspecified atom stereocenters. The Morgan fingerprint density at radius 1 is 1.00 bits per heavy atom. The fourth-order valence-corrected chi connectivity index (χ4v) is 5.22. The number of rotatable bonds is 7. The van der Waals surface area contributed by atoms with Gasteiger partial charge >= 0.3 is 0 Å². The van der Waals surface area contributed by atoms with Gasteiger partial charge in [-0.15, -0.1) is 0 Å². The third-order valence-electron chi connectivity index (χ3n) is 5.36. The summed E-state index contributed by atoms with van der Waals surface area (Å²) in [7, 11) is -3.69. The van der Waals surface area contributed by atoms with E-state index in [1.54, 1.807) is 23.1 Å². The predicted octanol–water partition coefficient (Wildman–Crippen LogP) is 4.41. The molecular formula is C24H22ClNO5S. The molecule has 1 aliphatic rings. The number of carbonyl (C=O) groups is 1. The number of benzene rings is 3. The molecule has 166 valence electrons. The second-order valence-electron chi connectivity index (χ2n) is 7.41. The Bertz CT molecular complexity index is 1210. The molecule has 1 atom stereocenters. The highest BCUT2D eigenvalue weighted by Gasteiger charge is 2.33. The maximum Gasteiger partial charge on any atom is 0.227 e. The van der Waals surface area contributed by atoms with Crippen LogP contribution >= 0.6 is 11.6 Å². The number of aliphatic hydroxyl groups is 1. The van der Waals surface area contributed by atoms with Gasteiger partial charge in [0.05, 0.1) is 22.4 Å². The Hall–Kier alpha value is -2.87. The summed E-state index contributed by atoms with van der Waals surface area (Å²) in [6, 6.07) is 19.6. The van der Waals surface area contributed by atoms with Crippen LogP contribution in [-0.4, -0.2) is 32.6 Å². The van der Waals surface area contributed by atoms with E-state index in [4.69, 9.17) is 21.4 Å². The van der Waals surface area contributed by atoms with E-state index in [1.165, 1.54) is 36.4 Å². The molecule has 3 aromatic rings. The number of hydrogen-bond donors (Lipinski definition) is 1.